The molecule has 0 radical (unpaired) electrons. The van der Waals surface area contributed by atoms with Crippen LogP contribution >= 0.6 is 11.6 Å². The number of anilines is 1. The Labute approximate surface area is 142 Å². The molecule has 1 saturated heterocycles. The number of rotatable bonds is 2. The van der Waals surface area contributed by atoms with E-state index in [-0.39, 0.29) is 13.1 Å². The van der Waals surface area contributed by atoms with Gasteiger partial charge >= 0.3 is 12.1 Å². The first-order valence-corrected chi connectivity index (χ1v) is 7.89. The van der Waals surface area contributed by atoms with Gasteiger partial charge in [-0.3, -0.25) is 4.79 Å². The molecule has 2 aliphatic rings. The van der Waals surface area contributed by atoms with Gasteiger partial charge in [0.15, 0.2) is 0 Å². The highest BCUT2D eigenvalue weighted by Gasteiger charge is 2.54. The van der Waals surface area contributed by atoms with E-state index in [9.17, 15) is 18.0 Å². The van der Waals surface area contributed by atoms with Crippen LogP contribution in [0.5, 0.6) is 0 Å². The fourth-order valence-corrected chi connectivity index (χ4v) is 4.02. The van der Waals surface area contributed by atoms with Crippen LogP contribution < -0.4 is 11.1 Å². The zero-order chi connectivity index (χ0) is 17.7. The van der Waals surface area contributed by atoms with Gasteiger partial charge in [0, 0.05) is 29.2 Å². The number of alkyl halides is 3. The lowest BCUT2D eigenvalue weighted by atomic mass is 9.66. The number of nitrogens with one attached hydrogen (secondary N) is 1. The summed E-state index contributed by atoms with van der Waals surface area (Å²) >= 11 is 6.10. The maximum Gasteiger partial charge on any atom is 0.471 e. The Kier molecular flexibility index (Phi) is 4.04. The molecule has 3 N–H and O–H groups in total. The Morgan fingerprint density at radius 3 is 2.83 bits per heavy atom. The summed E-state index contributed by atoms with van der Waals surface area (Å²) in [5.74, 6) is -1.85. The molecule has 0 spiro atoms. The highest BCUT2D eigenvalue weighted by Crippen LogP contribution is 2.51. The molecule has 3 rings (SSSR count). The van der Waals surface area contributed by atoms with E-state index in [1.165, 1.54) is 0 Å². The maximum absolute atomic E-state index is 12.8. The SMILES string of the molecule is C=C1CN(C(=O)C(F)(F)F)CC2Nc3ccc(Cl)cc3C12CCN. The van der Waals surface area contributed by atoms with Crippen molar-refractivity contribution in [1.29, 1.82) is 0 Å². The van der Waals surface area contributed by atoms with E-state index in [4.69, 9.17) is 17.3 Å². The minimum Gasteiger partial charge on any atom is -0.379 e. The number of halogens is 4. The van der Waals surface area contributed by atoms with E-state index in [0.717, 1.165) is 16.2 Å². The second-order valence-electron chi connectivity index (χ2n) is 6.18. The molecule has 0 bridgehead atoms. The average Bonchev–Trinajstić information content (AvgIpc) is 2.80. The van der Waals surface area contributed by atoms with Gasteiger partial charge in [-0.2, -0.15) is 13.2 Å². The number of fused-ring (bicyclic) bond motifs is 3. The van der Waals surface area contributed by atoms with Crippen molar-refractivity contribution < 1.29 is 18.0 Å². The minimum atomic E-state index is -4.90. The molecule has 8 heteroatoms. The molecule has 1 aromatic carbocycles. The quantitative estimate of drug-likeness (QED) is 0.798. The second-order valence-corrected chi connectivity index (χ2v) is 6.62. The van der Waals surface area contributed by atoms with Gasteiger partial charge in [-0.15, -0.1) is 0 Å². The van der Waals surface area contributed by atoms with Gasteiger partial charge in [-0.05, 0) is 42.3 Å². The van der Waals surface area contributed by atoms with Gasteiger partial charge in [0.2, 0.25) is 0 Å². The molecule has 2 aliphatic heterocycles. The normalized spacial score (nSPS) is 26.0. The zero-order valence-corrected chi connectivity index (χ0v) is 13.5. The predicted octanol–water partition coefficient (Wildman–Crippen LogP) is 2.68. The molecular formula is C16H17ClF3N3O. The van der Waals surface area contributed by atoms with E-state index in [1.807, 2.05) is 0 Å². The number of nitrogens with zero attached hydrogens (tertiary/aromatic N) is 1. The first-order valence-electron chi connectivity index (χ1n) is 7.51. The molecule has 130 valence electrons. The van der Waals surface area contributed by atoms with Crippen molar-refractivity contribution in [2.45, 2.75) is 24.1 Å². The third-order valence-corrected chi connectivity index (χ3v) is 5.11. The van der Waals surface area contributed by atoms with Crippen LogP contribution in [0.2, 0.25) is 5.02 Å². The lowest BCUT2D eigenvalue weighted by Crippen LogP contribution is -2.58. The first kappa shape index (κ1) is 17.1. The molecule has 2 unspecified atom stereocenters. The number of hydrogen-bond donors (Lipinski definition) is 2. The van der Waals surface area contributed by atoms with Crippen molar-refractivity contribution >= 4 is 23.2 Å². The number of nitrogens with two attached hydrogens (primary N) is 1. The van der Waals surface area contributed by atoms with Crippen LogP contribution in [0.4, 0.5) is 18.9 Å². The summed E-state index contributed by atoms with van der Waals surface area (Å²) in [5, 5.41) is 3.76. The monoisotopic (exact) mass is 359 g/mol. The van der Waals surface area contributed by atoms with Crippen LogP contribution in [0.15, 0.2) is 30.4 Å². The maximum atomic E-state index is 12.8. The van der Waals surface area contributed by atoms with Crippen molar-refractivity contribution in [3.05, 3.63) is 40.9 Å². The molecule has 4 nitrogen and oxygen atoms in total. The van der Waals surface area contributed by atoms with E-state index < -0.39 is 23.5 Å². The topological polar surface area (TPSA) is 58.4 Å². The molecule has 2 heterocycles. The lowest BCUT2D eigenvalue weighted by Gasteiger charge is -2.46. The van der Waals surface area contributed by atoms with Gasteiger partial charge < -0.3 is 16.0 Å². The molecule has 0 aliphatic carbocycles. The third kappa shape index (κ3) is 2.46. The van der Waals surface area contributed by atoms with Crippen molar-refractivity contribution in [2.75, 3.05) is 25.0 Å². The molecule has 1 amide bonds. The Morgan fingerprint density at radius 2 is 2.21 bits per heavy atom. The van der Waals surface area contributed by atoms with E-state index in [1.54, 1.807) is 18.2 Å². The van der Waals surface area contributed by atoms with Gasteiger partial charge in [-0.1, -0.05) is 18.2 Å². The summed E-state index contributed by atoms with van der Waals surface area (Å²) in [6.45, 7) is 4.12. The summed E-state index contributed by atoms with van der Waals surface area (Å²) in [6, 6.07) is 4.88. The number of piperidine rings is 1. The molecular weight excluding hydrogens is 343 g/mol. The van der Waals surface area contributed by atoms with E-state index in [2.05, 4.69) is 11.9 Å². The highest BCUT2D eigenvalue weighted by molar-refractivity contribution is 6.30. The van der Waals surface area contributed by atoms with Crippen molar-refractivity contribution in [1.82, 2.24) is 4.90 Å². The summed E-state index contributed by atoms with van der Waals surface area (Å²) in [4.78, 5) is 12.4. The average molecular weight is 360 g/mol. The molecule has 2 atom stereocenters. The number of likely N-dealkylation sites (tertiary alicyclic amines) is 1. The summed E-state index contributed by atoms with van der Waals surface area (Å²) in [6.07, 6.45) is -4.38. The summed E-state index contributed by atoms with van der Waals surface area (Å²) < 4.78 is 38.4. The summed E-state index contributed by atoms with van der Waals surface area (Å²) in [5.41, 5.74) is 7.37. The molecule has 24 heavy (non-hydrogen) atoms. The van der Waals surface area contributed by atoms with Gasteiger partial charge in [0.25, 0.3) is 0 Å². The van der Waals surface area contributed by atoms with Crippen LogP contribution in [-0.4, -0.2) is 42.7 Å². The number of carbonyl (C=O) groups excluding carboxylic acids is 1. The van der Waals surface area contributed by atoms with Gasteiger partial charge in [0.1, 0.15) is 0 Å². The molecule has 1 aromatic rings. The van der Waals surface area contributed by atoms with Crippen molar-refractivity contribution in [3.63, 3.8) is 0 Å². The molecule has 0 aromatic heterocycles. The molecule has 0 saturated carbocycles. The minimum absolute atomic E-state index is 0.0658. The zero-order valence-electron chi connectivity index (χ0n) is 12.8. The second kappa shape index (κ2) is 5.67. The van der Waals surface area contributed by atoms with E-state index in [0.29, 0.717) is 23.6 Å². The smallest absolute Gasteiger partial charge is 0.379 e. The van der Waals surface area contributed by atoms with E-state index >= 15 is 0 Å². The predicted molar refractivity (Wildman–Crippen MR) is 86.0 cm³/mol. The highest BCUT2D eigenvalue weighted by atomic mass is 35.5. The fraction of sp³-hybridized carbons (Fsp3) is 0.438. The first-order chi connectivity index (χ1) is 11.2. The Balaban J connectivity index is 2.01. The van der Waals surface area contributed by atoms with Crippen molar-refractivity contribution in [2.24, 2.45) is 5.73 Å². The van der Waals surface area contributed by atoms with Crippen LogP contribution in [0.3, 0.4) is 0 Å². The number of hydrogen-bond acceptors (Lipinski definition) is 3. The largest absolute Gasteiger partial charge is 0.471 e. The fourth-order valence-electron chi connectivity index (χ4n) is 3.85. The standard InChI is InChI=1S/C16H17ClF3N3O/c1-9-7-23(14(24)16(18,19)20)8-13-15(9,4-5-21)11-6-10(17)2-3-12(11)22-13/h2-3,6,13,22H,1,4-5,7-8,21H2. The third-order valence-electron chi connectivity index (χ3n) is 4.87. The van der Waals surface area contributed by atoms with Crippen LogP contribution in [0.25, 0.3) is 0 Å². The Hall–Kier alpha value is -1.73. The van der Waals surface area contributed by atoms with Gasteiger partial charge in [-0.25, -0.2) is 0 Å². The summed E-state index contributed by atoms with van der Waals surface area (Å²) in [7, 11) is 0. The lowest BCUT2D eigenvalue weighted by molar-refractivity contribution is -0.186. The van der Waals surface area contributed by atoms with Crippen LogP contribution in [-0.2, 0) is 10.2 Å². The number of benzene rings is 1. The Morgan fingerprint density at radius 1 is 1.50 bits per heavy atom. The molecule has 1 fully saturated rings. The van der Waals surface area contributed by atoms with Crippen LogP contribution in [0, 0.1) is 0 Å². The van der Waals surface area contributed by atoms with Crippen molar-refractivity contribution in [3.8, 4) is 0 Å². The van der Waals surface area contributed by atoms with Crippen LogP contribution in [0.1, 0.15) is 12.0 Å². The Bertz CT molecular complexity index is 706. The van der Waals surface area contributed by atoms with Gasteiger partial charge in [0.05, 0.1) is 6.04 Å². The number of amides is 1. The number of carbonyl (C=O) groups is 1.